The van der Waals surface area contributed by atoms with Crippen LogP contribution in [-0.4, -0.2) is 122 Å². The van der Waals surface area contributed by atoms with Crippen LogP contribution in [0.4, 0.5) is 25.2 Å². The van der Waals surface area contributed by atoms with Gasteiger partial charge in [0.15, 0.2) is 22.2 Å². The Morgan fingerprint density at radius 2 is 1.61 bits per heavy atom. The van der Waals surface area contributed by atoms with Crippen LogP contribution in [-0.2, 0) is 39.2 Å². The highest BCUT2D eigenvalue weighted by atomic mass is 35.5. The fourth-order valence-corrected chi connectivity index (χ4v) is 8.72. The molecule has 2 unspecified atom stereocenters. The van der Waals surface area contributed by atoms with E-state index in [1.165, 1.54) is 52.9 Å². The molecule has 4 aromatic rings. The van der Waals surface area contributed by atoms with Crippen LogP contribution in [0.3, 0.4) is 0 Å². The van der Waals surface area contributed by atoms with Gasteiger partial charge in [0.05, 0.1) is 53.7 Å². The Bertz CT molecular complexity index is 2700. The molecular weight excluding hydrogens is 960 g/mol. The first-order valence-corrected chi connectivity index (χ1v) is 24.7. The van der Waals surface area contributed by atoms with Crippen LogP contribution in [0.1, 0.15) is 25.7 Å². The van der Waals surface area contributed by atoms with Gasteiger partial charge >= 0.3 is 24.2 Å². The highest BCUT2D eigenvalue weighted by molar-refractivity contribution is 7.94. The van der Waals surface area contributed by atoms with Gasteiger partial charge in [-0.15, -0.1) is 5.10 Å². The molecular formula is C30H39Cl2F2N10O14PS3. The first-order chi connectivity index (χ1) is 28.5. The number of nitrogens with one attached hydrogen (secondary N) is 3. The fraction of sp³-hybridized carbons (Fsp3) is 0.367. The van der Waals surface area contributed by atoms with Crippen LogP contribution in [0.25, 0.3) is 5.69 Å². The lowest BCUT2D eigenvalue weighted by Gasteiger charge is -2.11. The number of rotatable bonds is 15. The molecule has 2 atom stereocenters. The number of aliphatic carboxylic acids is 1. The van der Waals surface area contributed by atoms with Gasteiger partial charge in [-0.1, -0.05) is 30.1 Å². The molecule has 3 heterocycles. The number of hydrogen-bond acceptors (Lipinski definition) is 17. The van der Waals surface area contributed by atoms with Crippen molar-refractivity contribution in [1.29, 1.82) is 0 Å². The summed E-state index contributed by atoms with van der Waals surface area (Å²) >= 11 is 11.8. The van der Waals surface area contributed by atoms with Gasteiger partial charge in [0.25, 0.3) is 10.0 Å². The Hall–Kier alpha value is -5.03. The van der Waals surface area contributed by atoms with Gasteiger partial charge in [0.2, 0.25) is 27.7 Å². The summed E-state index contributed by atoms with van der Waals surface area (Å²) in [5.74, 6) is -1.89. The largest absolute Gasteiger partial charge is 0.481 e. The van der Waals surface area contributed by atoms with Gasteiger partial charge in [-0.2, -0.15) is 31.8 Å². The Morgan fingerprint density at radius 3 is 2.08 bits per heavy atom. The maximum atomic E-state index is 12.8. The second-order valence-electron chi connectivity index (χ2n) is 12.1. The number of hydrogen-bond donors (Lipinski definition) is 6. The summed E-state index contributed by atoms with van der Waals surface area (Å²) in [5, 5.41) is 13.2. The van der Waals surface area contributed by atoms with E-state index in [1.54, 1.807) is 4.72 Å². The monoisotopic (exact) mass is 998 g/mol. The zero-order valence-corrected chi connectivity index (χ0v) is 37.8. The van der Waals surface area contributed by atoms with E-state index in [-0.39, 0.29) is 67.9 Å². The SMILES string of the molecule is CCS(=O)(=O)c1cccnc1S(=O)(=O)NC(=O)Nc1nc(OC)cc(OC)n1.CP(=O)(O)CCC(N)C(=O)O.Cc1nn(-c2cc(NS(C)(=O)=O)c(Cl)cc2Cl)c(=O)n1C(F)F. The number of sulfone groups is 1. The molecule has 24 nitrogen and oxygen atoms in total. The number of pyridine rings is 1. The average molecular weight is 1000 g/mol. The molecule has 0 aliphatic heterocycles. The van der Waals surface area contributed by atoms with Crippen LogP contribution < -0.4 is 35.7 Å². The van der Waals surface area contributed by atoms with E-state index in [1.807, 2.05) is 0 Å². The highest BCUT2D eigenvalue weighted by Gasteiger charge is 2.29. The Kier molecular flexibility index (Phi) is 18.7. The molecule has 2 amide bonds. The zero-order chi connectivity index (χ0) is 47.5. The number of methoxy groups -OCH3 is 2. The number of aromatic nitrogens is 6. The first kappa shape index (κ1) is 53.1. The van der Waals surface area contributed by atoms with Crippen molar-refractivity contribution in [2.75, 3.05) is 49.1 Å². The van der Waals surface area contributed by atoms with Gasteiger partial charge in [-0.05, 0) is 37.6 Å². The van der Waals surface area contributed by atoms with Crippen molar-refractivity contribution in [1.82, 2.24) is 34.0 Å². The van der Waals surface area contributed by atoms with Crippen LogP contribution in [0, 0.1) is 6.92 Å². The lowest BCUT2D eigenvalue weighted by molar-refractivity contribution is -0.138. The van der Waals surface area contributed by atoms with Crippen molar-refractivity contribution in [2.24, 2.45) is 5.73 Å². The predicted octanol–water partition coefficient (Wildman–Crippen LogP) is 2.30. The summed E-state index contributed by atoms with van der Waals surface area (Å²) in [4.78, 5) is 53.7. The normalized spacial score (nSPS) is 13.0. The molecule has 0 aliphatic rings. The summed E-state index contributed by atoms with van der Waals surface area (Å²) in [7, 11) is -12.6. The second kappa shape index (κ2) is 21.9. The number of urea groups is 1. The van der Waals surface area contributed by atoms with Gasteiger partial charge < -0.3 is 25.2 Å². The number of benzene rings is 1. The number of carbonyl (C=O) groups excluding carboxylic acids is 1. The van der Waals surface area contributed by atoms with Crippen LogP contribution in [0.15, 0.2) is 51.2 Å². The number of alkyl halides is 2. The van der Waals surface area contributed by atoms with Gasteiger partial charge in [-0.25, -0.2) is 40.7 Å². The van der Waals surface area contributed by atoms with Crippen LogP contribution in [0.2, 0.25) is 10.0 Å². The fourth-order valence-electron chi connectivity index (χ4n) is 4.27. The summed E-state index contributed by atoms with van der Waals surface area (Å²) in [5.41, 5.74) is 3.82. The predicted molar refractivity (Wildman–Crippen MR) is 220 cm³/mol. The van der Waals surface area contributed by atoms with E-state index in [4.69, 9.17) is 48.4 Å². The van der Waals surface area contributed by atoms with E-state index >= 15 is 0 Å². The van der Waals surface area contributed by atoms with E-state index < -0.39 is 77.5 Å². The molecule has 4 rings (SSSR count). The molecule has 0 aliphatic carbocycles. The standard InChI is InChI=1S/C14H17N5O7S2.C11H10Cl2F2N4O3S.C5H12NO4P/c1-4-27(21,22)9-6-5-7-15-12(9)28(23,24)19-14(20)18-13-16-10(25-2)8-11(17-13)26-3;1-5-16-19(11(20)18(5)10(14)15)9-4-8(17-23(2,21)22)6(12)3-7(9)13;1-11(9,10)3-2-4(6)5(7)8/h5-8H,4H2,1-3H3,(H2,16,17,18,19,20);3-4,10,17H,1-2H3;4H,2-3,6H2,1H3,(H,7,8)(H,9,10). The molecule has 32 heteroatoms. The number of ether oxygens (including phenoxy) is 2. The number of carbonyl (C=O) groups is 2. The summed E-state index contributed by atoms with van der Waals surface area (Å²) in [6.45, 7) is 0.688. The maximum Gasteiger partial charge on any atom is 0.355 e. The maximum absolute atomic E-state index is 12.8. The zero-order valence-electron chi connectivity index (χ0n) is 33.0. The van der Waals surface area contributed by atoms with Crippen molar-refractivity contribution < 1.29 is 67.7 Å². The minimum absolute atomic E-state index is 0.0257. The molecule has 0 bridgehead atoms. The first-order valence-electron chi connectivity index (χ1n) is 16.7. The van der Waals surface area contributed by atoms with Crippen molar-refractivity contribution in [3.05, 3.63) is 62.9 Å². The van der Waals surface area contributed by atoms with Crippen LogP contribution >= 0.6 is 30.6 Å². The molecule has 62 heavy (non-hydrogen) atoms. The number of carboxylic acid groups (broad SMARTS) is 1. The van der Waals surface area contributed by atoms with Gasteiger partial charge in [0, 0.05) is 19.0 Å². The third-order valence-electron chi connectivity index (χ3n) is 7.16. The molecule has 344 valence electrons. The minimum atomic E-state index is -4.61. The van der Waals surface area contributed by atoms with Gasteiger partial charge in [-0.3, -0.25) is 19.4 Å². The Labute approximate surface area is 362 Å². The number of halogens is 4. The van der Waals surface area contributed by atoms with E-state index in [0.717, 1.165) is 24.6 Å². The van der Waals surface area contributed by atoms with E-state index in [9.17, 15) is 53.0 Å². The minimum Gasteiger partial charge on any atom is -0.481 e. The molecule has 7 N–H and O–H groups in total. The quantitative estimate of drug-likeness (QED) is 0.0930. The highest BCUT2D eigenvalue weighted by Crippen LogP contribution is 2.36. The third-order valence-corrected chi connectivity index (χ3v) is 12.6. The Balaban J connectivity index is 0.000000350. The Morgan fingerprint density at radius 1 is 1.03 bits per heavy atom. The molecule has 0 fully saturated rings. The van der Waals surface area contributed by atoms with Crippen molar-refractivity contribution >= 4 is 84.1 Å². The molecule has 3 aromatic heterocycles. The van der Waals surface area contributed by atoms with E-state index in [2.05, 4.69) is 30.1 Å². The molecule has 0 radical (unpaired) electrons. The topological polar surface area (TPSA) is 353 Å². The number of anilines is 2. The number of sulfonamides is 2. The summed E-state index contributed by atoms with van der Waals surface area (Å²) in [6, 6.07) is 3.75. The van der Waals surface area contributed by atoms with Crippen molar-refractivity contribution in [3.8, 4) is 17.4 Å². The second-order valence-corrected chi connectivity index (χ2v) is 21.1. The number of nitrogens with zero attached hydrogens (tertiary/aromatic N) is 6. The summed E-state index contributed by atoms with van der Waals surface area (Å²) in [6.07, 6.45) is 2.00. The van der Waals surface area contributed by atoms with Crippen LogP contribution in [0.5, 0.6) is 11.8 Å². The van der Waals surface area contributed by atoms with Crippen molar-refractivity contribution in [2.45, 2.75) is 42.8 Å². The number of aryl methyl sites for hydroxylation is 1. The van der Waals surface area contributed by atoms with E-state index in [0.29, 0.717) is 4.68 Å². The number of amides is 2. The van der Waals surface area contributed by atoms with Gasteiger partial charge in [0.1, 0.15) is 16.8 Å². The lowest BCUT2D eigenvalue weighted by atomic mass is 10.2. The molecule has 1 aromatic carbocycles. The molecule has 0 saturated heterocycles. The summed E-state index contributed by atoms with van der Waals surface area (Å²) < 4.78 is 123. The third kappa shape index (κ3) is 15.7. The lowest BCUT2D eigenvalue weighted by Crippen LogP contribution is -2.36. The average Bonchev–Trinajstić information content (AvgIpc) is 3.46. The smallest absolute Gasteiger partial charge is 0.355 e. The number of carboxylic acids is 1. The molecule has 0 spiro atoms. The van der Waals surface area contributed by atoms with Crippen molar-refractivity contribution in [3.63, 3.8) is 0 Å². The number of nitrogens with two attached hydrogens (primary N) is 1. The molecule has 0 saturated carbocycles.